The Morgan fingerprint density at radius 1 is 0.906 bits per heavy atom. The van der Waals surface area contributed by atoms with Gasteiger partial charge in [0.25, 0.3) is 5.91 Å². The summed E-state index contributed by atoms with van der Waals surface area (Å²) in [5, 5.41) is 0. The van der Waals surface area contributed by atoms with Gasteiger partial charge < -0.3 is 0 Å². The molecular formula is C27H26N2O3. The van der Waals surface area contributed by atoms with Crippen molar-refractivity contribution in [3.8, 4) is 0 Å². The number of carbonyl (C=O) groups excluding carboxylic acids is 3. The zero-order valence-electron chi connectivity index (χ0n) is 18.3. The van der Waals surface area contributed by atoms with Crippen LogP contribution in [0, 0.1) is 49.4 Å². The quantitative estimate of drug-likeness (QED) is 0.549. The molecule has 3 amide bonds. The van der Waals surface area contributed by atoms with Crippen molar-refractivity contribution in [3.05, 3.63) is 77.4 Å². The van der Waals surface area contributed by atoms with Crippen molar-refractivity contribution in [2.45, 2.75) is 20.3 Å². The largest absolute Gasteiger partial charge is 0.289 e. The molecule has 32 heavy (non-hydrogen) atoms. The van der Waals surface area contributed by atoms with Crippen LogP contribution in [0.5, 0.6) is 0 Å². The van der Waals surface area contributed by atoms with E-state index >= 15 is 0 Å². The minimum atomic E-state index is -0.256. The lowest BCUT2D eigenvalue weighted by Crippen LogP contribution is -2.45. The normalized spacial score (nSPS) is 31.5. The summed E-state index contributed by atoms with van der Waals surface area (Å²) < 4.78 is 0. The second-order valence-electron chi connectivity index (χ2n) is 9.72. The smallest absolute Gasteiger partial charge is 0.259 e. The summed E-state index contributed by atoms with van der Waals surface area (Å²) in [6.07, 6.45) is 5.48. The summed E-state index contributed by atoms with van der Waals surface area (Å²) >= 11 is 0. The number of anilines is 1. The average molecular weight is 427 g/mol. The summed E-state index contributed by atoms with van der Waals surface area (Å²) in [5.74, 6) is 0.529. The van der Waals surface area contributed by atoms with Crippen LogP contribution >= 0.6 is 0 Å². The van der Waals surface area contributed by atoms with Crippen LogP contribution in [0.1, 0.15) is 27.9 Å². The first-order valence-corrected chi connectivity index (χ1v) is 11.4. The third-order valence-corrected chi connectivity index (χ3v) is 8.17. The number of nitrogens with zero attached hydrogens (tertiary/aromatic N) is 2. The number of aryl methyl sites for hydroxylation is 1. The number of allylic oxidation sites excluding steroid dienone is 2. The number of hydrogen-bond donors (Lipinski definition) is 0. The summed E-state index contributed by atoms with van der Waals surface area (Å²) in [4.78, 5) is 43.6. The van der Waals surface area contributed by atoms with Gasteiger partial charge in [-0.05, 0) is 73.3 Å². The molecule has 3 fully saturated rings. The van der Waals surface area contributed by atoms with Gasteiger partial charge in [-0.15, -0.1) is 0 Å². The standard InChI is InChI=1S/C27H26N2O3/c1-15-7-6-10-22(16(15)2)28(25(30)17-8-4-3-5-9-17)14-29-26(31)23-18-11-12-19(21-13-20(18)21)24(23)27(29)32/h3-12,18-21,23-24H,13-14H2,1-2H3. The van der Waals surface area contributed by atoms with Crippen LogP contribution in [0.25, 0.3) is 0 Å². The van der Waals surface area contributed by atoms with Gasteiger partial charge in [0, 0.05) is 11.3 Å². The van der Waals surface area contributed by atoms with Gasteiger partial charge in [0.2, 0.25) is 11.8 Å². The van der Waals surface area contributed by atoms with Crippen LogP contribution in [-0.4, -0.2) is 29.3 Å². The van der Waals surface area contributed by atoms with E-state index in [0.29, 0.717) is 17.4 Å². The Morgan fingerprint density at radius 3 is 2.16 bits per heavy atom. The molecule has 1 heterocycles. The molecule has 2 aromatic carbocycles. The fourth-order valence-corrected chi connectivity index (χ4v) is 6.31. The average Bonchev–Trinajstić information content (AvgIpc) is 3.60. The molecule has 1 saturated heterocycles. The van der Waals surface area contributed by atoms with E-state index in [4.69, 9.17) is 0 Å². The highest BCUT2D eigenvalue weighted by atomic mass is 16.2. The summed E-state index contributed by atoms with van der Waals surface area (Å²) in [5.41, 5.74) is 3.30. The van der Waals surface area contributed by atoms with Crippen molar-refractivity contribution < 1.29 is 14.4 Å². The topological polar surface area (TPSA) is 57.7 Å². The van der Waals surface area contributed by atoms with E-state index in [1.54, 1.807) is 17.0 Å². The van der Waals surface area contributed by atoms with Crippen molar-refractivity contribution >= 4 is 23.4 Å². The highest BCUT2D eigenvalue weighted by molar-refractivity contribution is 6.10. The first-order valence-electron chi connectivity index (χ1n) is 11.4. The second-order valence-corrected chi connectivity index (χ2v) is 9.72. The minimum Gasteiger partial charge on any atom is -0.289 e. The van der Waals surface area contributed by atoms with Gasteiger partial charge >= 0.3 is 0 Å². The molecule has 4 aliphatic carbocycles. The molecule has 0 spiro atoms. The van der Waals surface area contributed by atoms with Gasteiger partial charge in [0.1, 0.15) is 6.67 Å². The number of rotatable bonds is 4. The molecular weight excluding hydrogens is 400 g/mol. The zero-order valence-corrected chi connectivity index (χ0v) is 18.3. The van der Waals surface area contributed by atoms with Gasteiger partial charge in [0.15, 0.2) is 0 Å². The SMILES string of the molecule is Cc1cccc(N(CN2C(=O)C3C4C=CC(C5CC45)C3C2=O)C(=O)c2ccccc2)c1C. The summed E-state index contributed by atoms with van der Waals surface area (Å²) in [6.45, 7) is 3.93. The lowest BCUT2D eigenvalue weighted by Gasteiger charge is -2.37. The fourth-order valence-electron chi connectivity index (χ4n) is 6.31. The van der Waals surface area contributed by atoms with Crippen molar-refractivity contribution in [2.24, 2.45) is 35.5 Å². The van der Waals surface area contributed by atoms with Gasteiger partial charge in [-0.25, -0.2) is 0 Å². The van der Waals surface area contributed by atoms with Crippen LogP contribution in [0.4, 0.5) is 5.69 Å². The maximum atomic E-state index is 13.6. The molecule has 162 valence electrons. The van der Waals surface area contributed by atoms with E-state index in [-0.39, 0.29) is 48.1 Å². The van der Waals surface area contributed by atoms with Gasteiger partial charge in [-0.3, -0.25) is 24.2 Å². The molecule has 0 radical (unpaired) electrons. The Bertz CT molecular complexity index is 1130. The summed E-state index contributed by atoms with van der Waals surface area (Å²) in [7, 11) is 0. The van der Waals surface area contributed by atoms with Crippen LogP contribution < -0.4 is 4.90 Å². The van der Waals surface area contributed by atoms with Crippen molar-refractivity contribution in [1.82, 2.24) is 4.90 Å². The molecule has 7 rings (SSSR count). The number of imide groups is 1. The molecule has 5 nitrogen and oxygen atoms in total. The van der Waals surface area contributed by atoms with E-state index in [9.17, 15) is 14.4 Å². The molecule has 6 atom stereocenters. The Kier molecular flexibility index (Phi) is 4.19. The van der Waals surface area contributed by atoms with Crippen molar-refractivity contribution in [1.29, 1.82) is 0 Å². The van der Waals surface area contributed by atoms with Crippen LogP contribution in [0.15, 0.2) is 60.7 Å². The molecule has 0 aromatic heterocycles. The molecule has 0 N–H and O–H groups in total. The fraction of sp³-hybridized carbons (Fsp3) is 0.370. The van der Waals surface area contributed by atoms with E-state index in [1.807, 2.05) is 50.2 Å². The van der Waals surface area contributed by atoms with Crippen molar-refractivity contribution in [3.63, 3.8) is 0 Å². The van der Waals surface area contributed by atoms with Crippen LogP contribution in [0.2, 0.25) is 0 Å². The van der Waals surface area contributed by atoms with E-state index in [2.05, 4.69) is 12.2 Å². The second kappa shape index (κ2) is 6.89. The molecule has 5 heteroatoms. The Morgan fingerprint density at radius 2 is 1.53 bits per heavy atom. The predicted molar refractivity (Wildman–Crippen MR) is 121 cm³/mol. The summed E-state index contributed by atoms with van der Waals surface area (Å²) in [6, 6.07) is 14.9. The molecule has 2 saturated carbocycles. The first kappa shape index (κ1) is 19.5. The molecule has 2 aromatic rings. The molecule has 2 bridgehead atoms. The third kappa shape index (κ3) is 2.66. The van der Waals surface area contributed by atoms with Gasteiger partial charge in [0.05, 0.1) is 11.8 Å². The molecule has 1 aliphatic heterocycles. The minimum absolute atomic E-state index is 0.0442. The number of benzene rings is 2. The lowest BCUT2D eigenvalue weighted by molar-refractivity contribution is -0.140. The first-order chi connectivity index (χ1) is 15.5. The van der Waals surface area contributed by atoms with E-state index in [1.165, 1.54) is 4.90 Å². The van der Waals surface area contributed by atoms with E-state index < -0.39 is 0 Å². The van der Waals surface area contributed by atoms with Gasteiger partial charge in [-0.1, -0.05) is 42.5 Å². The molecule has 6 unspecified atom stereocenters. The monoisotopic (exact) mass is 426 g/mol. The van der Waals surface area contributed by atoms with Crippen LogP contribution in [-0.2, 0) is 9.59 Å². The maximum Gasteiger partial charge on any atom is 0.259 e. The Labute approximate surface area is 187 Å². The number of amides is 3. The lowest BCUT2D eigenvalue weighted by atomic mass is 9.63. The Hall–Kier alpha value is -3.21. The molecule has 5 aliphatic rings. The van der Waals surface area contributed by atoms with E-state index in [0.717, 1.165) is 23.2 Å². The van der Waals surface area contributed by atoms with Gasteiger partial charge in [-0.2, -0.15) is 0 Å². The van der Waals surface area contributed by atoms with Crippen LogP contribution in [0.3, 0.4) is 0 Å². The van der Waals surface area contributed by atoms with Crippen molar-refractivity contribution in [2.75, 3.05) is 11.6 Å². The third-order valence-electron chi connectivity index (χ3n) is 8.17. The zero-order chi connectivity index (χ0) is 22.1. The number of likely N-dealkylation sites (tertiary alicyclic amines) is 1. The maximum absolute atomic E-state index is 13.6. The Balaban J connectivity index is 1.37. The highest BCUT2D eigenvalue weighted by Crippen LogP contribution is 2.65. The number of carbonyl (C=O) groups is 3. The highest BCUT2D eigenvalue weighted by Gasteiger charge is 2.67. The number of hydrogen-bond acceptors (Lipinski definition) is 3. The predicted octanol–water partition coefficient (Wildman–Crippen LogP) is 3.96.